The molecule has 0 bridgehead atoms. The summed E-state index contributed by atoms with van der Waals surface area (Å²) in [4.78, 5) is 0. The van der Waals surface area contributed by atoms with Crippen LogP contribution in [0.1, 0.15) is 25.7 Å². The average Bonchev–Trinajstić information content (AvgIpc) is 2.69. The van der Waals surface area contributed by atoms with Gasteiger partial charge in [-0.1, -0.05) is 6.42 Å². The molecule has 4 fully saturated rings. The smallest absolute Gasteiger partial charge is 0.110 e. The first kappa shape index (κ1) is 5.51. The van der Waals surface area contributed by atoms with Gasteiger partial charge in [0.25, 0.3) is 0 Å². The van der Waals surface area contributed by atoms with Crippen molar-refractivity contribution in [2.45, 2.75) is 31.3 Å². The molecule has 2 saturated carbocycles. The van der Waals surface area contributed by atoms with Crippen molar-refractivity contribution < 1.29 is 0 Å². The molecule has 3 nitrogen and oxygen atoms in total. The molecule has 4 aliphatic rings. The van der Waals surface area contributed by atoms with Crippen LogP contribution in [0.25, 0.3) is 0 Å². The van der Waals surface area contributed by atoms with Gasteiger partial charge in [0, 0.05) is 5.41 Å². The molecule has 0 aromatic rings. The molecule has 2 atom stereocenters. The van der Waals surface area contributed by atoms with Gasteiger partial charge in [-0.2, -0.15) is 0 Å². The third-order valence-corrected chi connectivity index (χ3v) is 4.25. The Bertz CT molecular complexity index is 223. The van der Waals surface area contributed by atoms with E-state index in [4.69, 9.17) is 0 Å². The maximum absolute atomic E-state index is 3.36. The van der Waals surface area contributed by atoms with Crippen LogP contribution in [0.15, 0.2) is 0 Å². The number of nitrogens with one attached hydrogen (secondary N) is 1. The van der Waals surface area contributed by atoms with E-state index in [2.05, 4.69) is 15.3 Å². The maximum atomic E-state index is 3.36. The summed E-state index contributed by atoms with van der Waals surface area (Å²) in [5.74, 6) is 0. The lowest BCUT2D eigenvalue weighted by molar-refractivity contribution is 0.239. The summed E-state index contributed by atoms with van der Waals surface area (Å²) in [6, 6.07) is 0. The van der Waals surface area contributed by atoms with Crippen molar-refractivity contribution in [2.24, 2.45) is 5.41 Å². The molecule has 4 rings (SSSR count). The minimum atomic E-state index is 0.608. The minimum absolute atomic E-state index is 0.608. The summed E-state index contributed by atoms with van der Waals surface area (Å²) in [6.45, 7) is 2.23. The van der Waals surface area contributed by atoms with Crippen molar-refractivity contribution >= 4 is 0 Å². The zero-order valence-corrected chi connectivity index (χ0v) is 6.64. The molecule has 11 heavy (non-hydrogen) atoms. The summed E-state index contributed by atoms with van der Waals surface area (Å²) in [5, 5.41) is 8.42. The fourth-order valence-corrected chi connectivity index (χ4v) is 3.38. The predicted octanol–water partition coefficient (Wildman–Crippen LogP) is 0.308. The molecule has 0 amide bonds. The zero-order chi connectivity index (χ0) is 7.10. The van der Waals surface area contributed by atoms with Crippen molar-refractivity contribution in [1.29, 1.82) is 0 Å². The van der Waals surface area contributed by atoms with Gasteiger partial charge in [0.2, 0.25) is 0 Å². The van der Waals surface area contributed by atoms with Crippen molar-refractivity contribution in [3.63, 3.8) is 0 Å². The van der Waals surface area contributed by atoms with Gasteiger partial charge in [0.15, 0.2) is 0 Å². The van der Waals surface area contributed by atoms with Gasteiger partial charge in [-0.25, -0.2) is 10.0 Å². The fraction of sp³-hybridized carbons (Fsp3) is 1.00. The first-order valence-electron chi connectivity index (χ1n) is 4.65. The van der Waals surface area contributed by atoms with Crippen LogP contribution >= 0.6 is 0 Å². The Labute approximate surface area is 66.3 Å². The lowest BCUT2D eigenvalue weighted by atomic mass is 9.80. The highest BCUT2D eigenvalue weighted by Gasteiger charge is 2.86. The van der Waals surface area contributed by atoms with E-state index in [1.165, 1.54) is 25.7 Å². The van der Waals surface area contributed by atoms with Crippen LogP contribution in [-0.4, -0.2) is 29.0 Å². The molecule has 2 spiro atoms. The lowest BCUT2D eigenvalue weighted by Gasteiger charge is -2.26. The largest absolute Gasteiger partial charge is 0.289 e. The lowest BCUT2D eigenvalue weighted by Crippen LogP contribution is -2.29. The molecule has 2 aliphatic carbocycles. The highest BCUT2D eigenvalue weighted by atomic mass is 16.0. The molecular weight excluding hydrogens is 138 g/mol. The van der Waals surface area contributed by atoms with E-state index in [1.54, 1.807) is 0 Å². The Balaban J connectivity index is 1.69. The van der Waals surface area contributed by atoms with E-state index in [0.29, 0.717) is 5.66 Å². The number of hydrogen-bond donors (Lipinski definition) is 1. The molecule has 60 valence electrons. The van der Waals surface area contributed by atoms with Crippen LogP contribution in [0.2, 0.25) is 0 Å². The second-order valence-electron chi connectivity index (χ2n) is 4.49. The zero-order valence-electron chi connectivity index (χ0n) is 6.64. The number of nitrogens with zero attached hydrogens (tertiary/aromatic N) is 2. The van der Waals surface area contributed by atoms with Gasteiger partial charge in [-0.05, 0) is 19.3 Å². The standard InChI is InChI=1S/C8H13N3/c1-2-7(3-1)4-8(7)10-5-9-6-11(8)10/h9H,1-6H2. The summed E-state index contributed by atoms with van der Waals surface area (Å²) in [5.41, 5.74) is 1.39. The molecule has 2 heterocycles. The monoisotopic (exact) mass is 151 g/mol. The van der Waals surface area contributed by atoms with Crippen LogP contribution in [-0.2, 0) is 0 Å². The van der Waals surface area contributed by atoms with Crippen molar-refractivity contribution in [3.8, 4) is 0 Å². The van der Waals surface area contributed by atoms with Gasteiger partial charge in [0.05, 0.1) is 13.3 Å². The average molecular weight is 151 g/mol. The number of fused-ring (bicyclic) bond motifs is 4. The van der Waals surface area contributed by atoms with Gasteiger partial charge < -0.3 is 0 Å². The van der Waals surface area contributed by atoms with E-state index < -0.39 is 0 Å². The molecule has 0 aromatic carbocycles. The third-order valence-electron chi connectivity index (χ3n) is 4.25. The molecule has 2 saturated heterocycles. The quantitative estimate of drug-likeness (QED) is 0.502. The maximum Gasteiger partial charge on any atom is 0.110 e. The molecule has 2 unspecified atom stereocenters. The van der Waals surface area contributed by atoms with Crippen LogP contribution in [0.4, 0.5) is 0 Å². The van der Waals surface area contributed by atoms with Crippen LogP contribution < -0.4 is 5.32 Å². The van der Waals surface area contributed by atoms with Gasteiger partial charge >= 0.3 is 0 Å². The predicted molar refractivity (Wildman–Crippen MR) is 40.2 cm³/mol. The number of hydrazine groups is 1. The second-order valence-corrected chi connectivity index (χ2v) is 4.49. The van der Waals surface area contributed by atoms with E-state index >= 15 is 0 Å². The molecule has 0 radical (unpaired) electrons. The fourth-order valence-electron chi connectivity index (χ4n) is 3.38. The highest BCUT2D eigenvalue weighted by Crippen LogP contribution is 2.79. The van der Waals surface area contributed by atoms with E-state index in [-0.39, 0.29) is 0 Å². The first-order valence-corrected chi connectivity index (χ1v) is 4.65. The SMILES string of the molecule is C1CC2(C1)CC21N2CNCN21. The topological polar surface area (TPSA) is 18.0 Å². The van der Waals surface area contributed by atoms with Gasteiger partial charge in [-0.15, -0.1) is 0 Å². The van der Waals surface area contributed by atoms with Gasteiger partial charge in [-0.3, -0.25) is 5.32 Å². The number of hydrogen-bond acceptors (Lipinski definition) is 3. The van der Waals surface area contributed by atoms with E-state index in [9.17, 15) is 0 Å². The van der Waals surface area contributed by atoms with Crippen molar-refractivity contribution in [2.75, 3.05) is 13.3 Å². The van der Waals surface area contributed by atoms with Crippen molar-refractivity contribution in [3.05, 3.63) is 0 Å². The Kier molecular flexibility index (Phi) is 0.631. The Hall–Kier alpha value is -0.120. The minimum Gasteiger partial charge on any atom is -0.289 e. The van der Waals surface area contributed by atoms with Crippen LogP contribution in [0, 0.1) is 5.41 Å². The van der Waals surface area contributed by atoms with E-state index in [1.807, 2.05) is 0 Å². The summed E-state index contributed by atoms with van der Waals surface area (Å²) in [7, 11) is 0. The second kappa shape index (κ2) is 1.26. The molecule has 1 N–H and O–H groups in total. The Morgan fingerprint density at radius 3 is 2.27 bits per heavy atom. The Morgan fingerprint density at radius 1 is 1.09 bits per heavy atom. The summed E-state index contributed by atoms with van der Waals surface area (Å²) in [6.07, 6.45) is 5.96. The molecular formula is C8H13N3. The van der Waals surface area contributed by atoms with Crippen LogP contribution in [0.5, 0.6) is 0 Å². The Morgan fingerprint density at radius 2 is 1.82 bits per heavy atom. The van der Waals surface area contributed by atoms with Gasteiger partial charge in [0.1, 0.15) is 5.66 Å². The molecule has 0 aromatic heterocycles. The normalized spacial score (nSPS) is 61.1. The summed E-state index contributed by atoms with van der Waals surface area (Å²) < 4.78 is 0. The summed E-state index contributed by atoms with van der Waals surface area (Å²) >= 11 is 0. The molecule has 3 heteroatoms. The van der Waals surface area contributed by atoms with Crippen molar-refractivity contribution in [1.82, 2.24) is 15.3 Å². The molecule has 2 aliphatic heterocycles. The highest BCUT2D eigenvalue weighted by molar-refractivity contribution is 5.31. The number of rotatable bonds is 0. The first-order chi connectivity index (χ1) is 5.39. The third kappa shape index (κ3) is 0.367. The van der Waals surface area contributed by atoms with E-state index in [0.717, 1.165) is 18.8 Å². The van der Waals surface area contributed by atoms with Crippen LogP contribution in [0.3, 0.4) is 0 Å².